The number of aromatic nitrogens is 1. The highest BCUT2D eigenvalue weighted by Crippen LogP contribution is 2.20. The molecule has 2 aromatic rings. The first kappa shape index (κ1) is 15.0. The molecule has 0 radical (unpaired) electrons. The third kappa shape index (κ3) is 4.31. The van der Waals surface area contributed by atoms with Gasteiger partial charge in [-0.15, -0.1) is 0 Å². The van der Waals surface area contributed by atoms with Crippen LogP contribution in [0, 0.1) is 0 Å². The Bertz CT molecular complexity index is 590. The van der Waals surface area contributed by atoms with Gasteiger partial charge < -0.3 is 11.1 Å². The third-order valence-electron chi connectivity index (χ3n) is 3.57. The quantitative estimate of drug-likeness (QED) is 0.884. The summed E-state index contributed by atoms with van der Waals surface area (Å²) in [7, 11) is 0. The molecule has 1 heterocycles. The summed E-state index contributed by atoms with van der Waals surface area (Å²) in [4.78, 5) is 16.1. The van der Waals surface area contributed by atoms with Crippen LogP contribution in [0.3, 0.4) is 0 Å². The van der Waals surface area contributed by atoms with Gasteiger partial charge in [0.1, 0.15) is 0 Å². The predicted octanol–water partition coefficient (Wildman–Crippen LogP) is 3.36. The van der Waals surface area contributed by atoms with Crippen molar-refractivity contribution in [1.82, 2.24) is 4.98 Å². The molecule has 3 N–H and O–H groups in total. The van der Waals surface area contributed by atoms with E-state index >= 15 is 0 Å². The molecular formula is C17H21N3O. The minimum Gasteiger partial charge on any atom is -0.397 e. The molecule has 2 rings (SSSR count). The predicted molar refractivity (Wildman–Crippen MR) is 86.1 cm³/mol. The van der Waals surface area contributed by atoms with Gasteiger partial charge in [0.15, 0.2) is 0 Å². The highest BCUT2D eigenvalue weighted by atomic mass is 16.1. The molecule has 0 aliphatic rings. The lowest BCUT2D eigenvalue weighted by molar-refractivity contribution is -0.115. The smallest absolute Gasteiger partial charge is 0.230 e. The number of rotatable bonds is 5. The molecule has 1 aromatic carbocycles. The summed E-state index contributed by atoms with van der Waals surface area (Å²) in [5.74, 6) is 0.456. The zero-order valence-electron chi connectivity index (χ0n) is 12.5. The van der Waals surface area contributed by atoms with Crippen molar-refractivity contribution in [2.24, 2.45) is 0 Å². The van der Waals surface area contributed by atoms with E-state index in [0.29, 0.717) is 17.3 Å². The van der Waals surface area contributed by atoms with Crippen LogP contribution >= 0.6 is 0 Å². The fraction of sp³-hybridized carbons (Fsp3) is 0.294. The van der Waals surface area contributed by atoms with Gasteiger partial charge in [-0.05, 0) is 42.2 Å². The number of nitrogen functional groups attached to an aromatic ring is 1. The summed E-state index contributed by atoms with van der Waals surface area (Å²) in [5.41, 5.74) is 8.97. The van der Waals surface area contributed by atoms with E-state index < -0.39 is 0 Å². The highest BCUT2D eigenvalue weighted by molar-refractivity contribution is 5.92. The molecule has 0 bridgehead atoms. The lowest BCUT2D eigenvalue weighted by atomic mass is 9.99. The standard InChI is InChI=1S/C17H21N3O/c1-3-12(2)13-4-7-15(8-5-13)20-17(21)10-16-9-6-14(18)11-19-16/h4-9,11-12H,3,10,18H2,1-2H3,(H,20,21). The Labute approximate surface area is 125 Å². The average molecular weight is 283 g/mol. The highest BCUT2D eigenvalue weighted by Gasteiger charge is 2.06. The minimum atomic E-state index is -0.0800. The van der Waals surface area contributed by atoms with E-state index in [4.69, 9.17) is 5.73 Å². The minimum absolute atomic E-state index is 0.0800. The van der Waals surface area contributed by atoms with Crippen LogP contribution in [0.25, 0.3) is 0 Å². The number of nitrogens with zero attached hydrogens (tertiary/aromatic N) is 1. The topological polar surface area (TPSA) is 68.0 Å². The Kier molecular flexibility index (Phi) is 4.93. The van der Waals surface area contributed by atoms with Crippen LogP contribution in [-0.2, 0) is 11.2 Å². The first-order chi connectivity index (χ1) is 10.1. The summed E-state index contributed by atoms with van der Waals surface area (Å²) in [6, 6.07) is 11.5. The van der Waals surface area contributed by atoms with E-state index in [2.05, 4.69) is 36.3 Å². The van der Waals surface area contributed by atoms with Crippen molar-refractivity contribution < 1.29 is 4.79 Å². The van der Waals surface area contributed by atoms with E-state index in [0.717, 1.165) is 12.1 Å². The SMILES string of the molecule is CCC(C)c1ccc(NC(=O)Cc2ccc(N)cn2)cc1. The van der Waals surface area contributed by atoms with Crippen LogP contribution < -0.4 is 11.1 Å². The number of benzene rings is 1. The van der Waals surface area contributed by atoms with Crippen LogP contribution in [0.5, 0.6) is 0 Å². The van der Waals surface area contributed by atoms with Gasteiger partial charge in [0.2, 0.25) is 5.91 Å². The molecule has 0 aliphatic carbocycles. The van der Waals surface area contributed by atoms with Gasteiger partial charge in [0.05, 0.1) is 18.3 Å². The van der Waals surface area contributed by atoms with Crippen molar-refractivity contribution in [3.8, 4) is 0 Å². The molecule has 1 atom stereocenters. The number of carbonyl (C=O) groups excluding carboxylic acids is 1. The molecular weight excluding hydrogens is 262 g/mol. The normalized spacial score (nSPS) is 11.9. The van der Waals surface area contributed by atoms with Gasteiger partial charge in [-0.1, -0.05) is 26.0 Å². The van der Waals surface area contributed by atoms with Crippen molar-refractivity contribution in [3.05, 3.63) is 53.9 Å². The van der Waals surface area contributed by atoms with Crippen LogP contribution in [0.4, 0.5) is 11.4 Å². The van der Waals surface area contributed by atoms with Crippen molar-refractivity contribution in [2.45, 2.75) is 32.6 Å². The molecule has 0 saturated heterocycles. The van der Waals surface area contributed by atoms with Crippen molar-refractivity contribution in [1.29, 1.82) is 0 Å². The van der Waals surface area contributed by atoms with E-state index in [1.54, 1.807) is 18.3 Å². The molecule has 1 aromatic heterocycles. The molecule has 4 nitrogen and oxygen atoms in total. The maximum Gasteiger partial charge on any atom is 0.230 e. The molecule has 0 spiro atoms. The van der Waals surface area contributed by atoms with Gasteiger partial charge in [-0.25, -0.2) is 0 Å². The average Bonchev–Trinajstić information content (AvgIpc) is 2.49. The Morgan fingerprint density at radius 1 is 1.24 bits per heavy atom. The van der Waals surface area contributed by atoms with Gasteiger partial charge >= 0.3 is 0 Å². The maximum atomic E-state index is 12.0. The monoisotopic (exact) mass is 283 g/mol. The lowest BCUT2D eigenvalue weighted by Gasteiger charge is -2.10. The van der Waals surface area contributed by atoms with Crippen molar-refractivity contribution >= 4 is 17.3 Å². The number of nitrogens with one attached hydrogen (secondary N) is 1. The molecule has 1 unspecified atom stereocenters. The fourth-order valence-corrected chi connectivity index (χ4v) is 2.04. The summed E-state index contributed by atoms with van der Waals surface area (Å²) < 4.78 is 0. The second-order valence-corrected chi connectivity index (χ2v) is 5.24. The molecule has 0 aliphatic heterocycles. The number of nitrogens with two attached hydrogens (primary N) is 1. The molecule has 110 valence electrons. The molecule has 4 heteroatoms. The van der Waals surface area contributed by atoms with Gasteiger partial charge in [-0.2, -0.15) is 0 Å². The van der Waals surface area contributed by atoms with Crippen LogP contribution in [-0.4, -0.2) is 10.9 Å². The van der Waals surface area contributed by atoms with Crippen LogP contribution in [0.2, 0.25) is 0 Å². The van der Waals surface area contributed by atoms with Crippen molar-refractivity contribution in [2.75, 3.05) is 11.1 Å². The summed E-state index contributed by atoms with van der Waals surface area (Å²) in [6.45, 7) is 4.36. The molecule has 0 fully saturated rings. The first-order valence-corrected chi connectivity index (χ1v) is 7.18. The second-order valence-electron chi connectivity index (χ2n) is 5.24. The summed E-state index contributed by atoms with van der Waals surface area (Å²) in [6.07, 6.45) is 2.91. The number of hydrogen-bond acceptors (Lipinski definition) is 3. The Hall–Kier alpha value is -2.36. The van der Waals surface area contributed by atoms with E-state index in [-0.39, 0.29) is 12.3 Å². The number of amides is 1. The maximum absolute atomic E-state index is 12.0. The van der Waals surface area contributed by atoms with Gasteiger partial charge in [-0.3, -0.25) is 9.78 Å². The Morgan fingerprint density at radius 2 is 1.95 bits per heavy atom. The van der Waals surface area contributed by atoms with E-state index in [1.807, 2.05) is 12.1 Å². The Morgan fingerprint density at radius 3 is 2.52 bits per heavy atom. The lowest BCUT2D eigenvalue weighted by Crippen LogP contribution is -2.15. The van der Waals surface area contributed by atoms with Crippen LogP contribution in [0.1, 0.15) is 37.4 Å². The molecule has 1 amide bonds. The summed E-state index contributed by atoms with van der Waals surface area (Å²) >= 11 is 0. The Balaban J connectivity index is 1.94. The van der Waals surface area contributed by atoms with Gasteiger partial charge in [0.25, 0.3) is 0 Å². The summed E-state index contributed by atoms with van der Waals surface area (Å²) in [5, 5.41) is 2.88. The molecule has 21 heavy (non-hydrogen) atoms. The van der Waals surface area contributed by atoms with Gasteiger partial charge in [0, 0.05) is 11.4 Å². The zero-order chi connectivity index (χ0) is 15.2. The van der Waals surface area contributed by atoms with Crippen molar-refractivity contribution in [3.63, 3.8) is 0 Å². The molecule has 0 saturated carbocycles. The van der Waals surface area contributed by atoms with E-state index in [1.165, 1.54) is 5.56 Å². The first-order valence-electron chi connectivity index (χ1n) is 7.18. The van der Waals surface area contributed by atoms with Crippen LogP contribution in [0.15, 0.2) is 42.6 Å². The zero-order valence-corrected chi connectivity index (χ0v) is 12.5. The fourth-order valence-electron chi connectivity index (χ4n) is 2.04. The number of carbonyl (C=O) groups is 1. The van der Waals surface area contributed by atoms with E-state index in [9.17, 15) is 4.79 Å². The largest absolute Gasteiger partial charge is 0.397 e. The number of anilines is 2. The second kappa shape index (κ2) is 6.88. The third-order valence-corrected chi connectivity index (χ3v) is 3.57. The number of hydrogen-bond donors (Lipinski definition) is 2. The number of pyridine rings is 1.